The molecule has 1 aromatic rings. The van der Waals surface area contributed by atoms with Gasteiger partial charge in [0, 0.05) is 23.7 Å². The first-order valence-electron chi connectivity index (χ1n) is 5.39. The Bertz CT molecular complexity index is 309. The highest BCUT2D eigenvalue weighted by molar-refractivity contribution is 5.14. The molecule has 2 heterocycles. The molecule has 2 rings (SSSR count). The lowest BCUT2D eigenvalue weighted by Gasteiger charge is -2.18. The third-order valence-corrected chi connectivity index (χ3v) is 2.59. The summed E-state index contributed by atoms with van der Waals surface area (Å²) in [6.45, 7) is 1.22. The first kappa shape index (κ1) is 10.0. The van der Waals surface area contributed by atoms with Crippen molar-refractivity contribution in [2.45, 2.75) is 18.9 Å². The van der Waals surface area contributed by atoms with Gasteiger partial charge >= 0.3 is 0 Å². The van der Waals surface area contributed by atoms with Gasteiger partial charge in [-0.05, 0) is 38.1 Å². The summed E-state index contributed by atoms with van der Waals surface area (Å²) in [5.41, 5.74) is 1.36. The van der Waals surface area contributed by atoms with E-state index in [1.165, 1.54) is 30.8 Å². The summed E-state index contributed by atoms with van der Waals surface area (Å²) in [6.07, 6.45) is 6.41. The molecule has 0 saturated carbocycles. The Morgan fingerprint density at radius 2 is 2.60 bits per heavy atom. The average Bonchev–Trinajstić information content (AvgIpc) is 2.77. The lowest BCUT2D eigenvalue weighted by Crippen LogP contribution is -2.17. The lowest BCUT2D eigenvalue weighted by molar-refractivity contribution is 0.317. The molecular formula is C10H16N4O. The predicted molar refractivity (Wildman–Crippen MR) is 58.8 cm³/mol. The van der Waals surface area contributed by atoms with Crippen LogP contribution < -0.4 is 5.84 Å². The van der Waals surface area contributed by atoms with Crippen molar-refractivity contribution in [3.8, 4) is 0 Å². The molecule has 2 N–H and O–H groups in total. The van der Waals surface area contributed by atoms with E-state index in [0.717, 1.165) is 0 Å². The summed E-state index contributed by atoms with van der Waals surface area (Å²) in [7, 11) is 2.19. The average molecular weight is 209 g/mol. The first-order chi connectivity index (χ1) is 7.79. The minimum atomic E-state index is 0.610. The first-order valence-corrected chi connectivity index (χ1v) is 4.89. The van der Waals surface area contributed by atoms with Crippen LogP contribution in [0.25, 0.3) is 0 Å². The third kappa shape index (κ3) is 3.28. The maximum atomic E-state index is 8.62. The van der Waals surface area contributed by atoms with Crippen molar-refractivity contribution in [1.29, 1.82) is 0 Å². The molecule has 0 spiro atoms. The highest BCUT2D eigenvalue weighted by atomic mass is 16.3. The highest BCUT2D eigenvalue weighted by Gasteiger charge is 2.21. The number of nitrogens with two attached hydrogens (primary N) is 1. The number of aromatic nitrogens is 1. The van der Waals surface area contributed by atoms with Crippen LogP contribution in [0.15, 0.2) is 29.8 Å². The van der Waals surface area contributed by atoms with Gasteiger partial charge in [-0.3, -0.25) is 15.7 Å². The lowest BCUT2D eigenvalue weighted by atomic mass is 10.1. The SMILES string of the molecule is CN1CCCC1c1cccnc1.[2H]NN=O. The summed E-state index contributed by atoms with van der Waals surface area (Å²) in [6, 6.07) is 4.79. The summed E-state index contributed by atoms with van der Waals surface area (Å²) >= 11 is 0. The van der Waals surface area contributed by atoms with Gasteiger partial charge < -0.3 is 0 Å². The van der Waals surface area contributed by atoms with Gasteiger partial charge in [0.2, 0.25) is 0 Å². The topological polar surface area (TPSA) is 71.6 Å². The molecule has 0 amide bonds. The second kappa shape index (κ2) is 6.08. The van der Waals surface area contributed by atoms with Crippen molar-refractivity contribution in [1.82, 2.24) is 9.88 Å². The van der Waals surface area contributed by atoms with Crippen molar-refractivity contribution >= 4 is 0 Å². The molecule has 1 saturated heterocycles. The number of nitroso groups, excluding NO2 is 1. The summed E-state index contributed by atoms with van der Waals surface area (Å²) in [5, 5.41) is 1.90. The Morgan fingerprint density at radius 1 is 1.80 bits per heavy atom. The molecule has 0 aromatic carbocycles. The molecule has 0 aliphatic carbocycles. The van der Waals surface area contributed by atoms with Crippen LogP contribution >= 0.6 is 0 Å². The van der Waals surface area contributed by atoms with Crippen LogP contribution in [0.2, 0.25) is 1.41 Å². The maximum Gasteiger partial charge on any atom is 0.183 e. The van der Waals surface area contributed by atoms with Crippen molar-refractivity contribution in [2.24, 2.45) is 11.1 Å². The molecule has 5 nitrogen and oxygen atoms in total. The molecule has 15 heavy (non-hydrogen) atoms. The Hall–Kier alpha value is -1.49. The number of rotatable bonds is 2. The Labute approximate surface area is 90.7 Å². The quantitative estimate of drug-likeness (QED) is 0.455. The Morgan fingerprint density at radius 3 is 3.07 bits per heavy atom. The summed E-state index contributed by atoms with van der Waals surface area (Å²) in [5.74, 6) is 1.25. The van der Waals surface area contributed by atoms with Crippen LogP contribution in [0.1, 0.15) is 24.4 Å². The largest absolute Gasteiger partial charge is 0.299 e. The molecule has 1 unspecified atom stereocenters. The second-order valence-corrected chi connectivity index (χ2v) is 3.52. The Balaban J connectivity index is 0.000000280. The van der Waals surface area contributed by atoms with Crippen molar-refractivity contribution < 1.29 is 1.41 Å². The minimum Gasteiger partial charge on any atom is -0.299 e. The van der Waals surface area contributed by atoms with Gasteiger partial charge in [0.1, 0.15) is 0 Å². The van der Waals surface area contributed by atoms with Crippen LogP contribution in [0.5, 0.6) is 0 Å². The maximum absolute atomic E-state index is 8.62. The van der Waals surface area contributed by atoms with Crippen LogP contribution in [0.4, 0.5) is 0 Å². The van der Waals surface area contributed by atoms with Crippen LogP contribution in [0, 0.1) is 4.91 Å². The van der Waals surface area contributed by atoms with Gasteiger partial charge in [-0.15, -0.1) is 4.91 Å². The van der Waals surface area contributed by atoms with Gasteiger partial charge in [-0.25, -0.2) is 0 Å². The van der Waals surface area contributed by atoms with E-state index in [0.29, 0.717) is 6.04 Å². The van der Waals surface area contributed by atoms with Crippen molar-refractivity contribution in [3.05, 3.63) is 35.0 Å². The normalized spacial score (nSPS) is 21.1. The van der Waals surface area contributed by atoms with E-state index in [1.807, 2.05) is 23.7 Å². The van der Waals surface area contributed by atoms with Crippen LogP contribution in [0.3, 0.4) is 0 Å². The van der Waals surface area contributed by atoms with E-state index in [-0.39, 0.29) is 0 Å². The molecule has 1 fully saturated rings. The second-order valence-electron chi connectivity index (χ2n) is 3.52. The van der Waals surface area contributed by atoms with E-state index in [4.69, 9.17) is 6.32 Å². The van der Waals surface area contributed by atoms with E-state index in [1.54, 1.807) is 0 Å². The monoisotopic (exact) mass is 209 g/mol. The van der Waals surface area contributed by atoms with E-state index in [2.05, 4.69) is 23.0 Å². The zero-order chi connectivity index (χ0) is 11.8. The predicted octanol–water partition coefficient (Wildman–Crippen LogP) is 1.47. The number of hydrogen-bond donors (Lipinski definition) is 1. The number of likely N-dealkylation sites (tertiary alicyclic amines) is 1. The molecule has 1 aliphatic heterocycles. The summed E-state index contributed by atoms with van der Waals surface area (Å²) < 4.78 is 5.72. The fourth-order valence-corrected chi connectivity index (χ4v) is 1.90. The molecule has 82 valence electrons. The molecular weight excluding hydrogens is 192 g/mol. The van der Waals surface area contributed by atoms with E-state index < -0.39 is 0 Å². The molecule has 5 heteroatoms. The van der Waals surface area contributed by atoms with Crippen LogP contribution in [-0.2, 0) is 0 Å². The molecule has 1 aliphatic rings. The van der Waals surface area contributed by atoms with Gasteiger partial charge in [-0.1, -0.05) is 6.07 Å². The molecule has 1 aromatic heterocycles. The van der Waals surface area contributed by atoms with Gasteiger partial charge in [-0.2, -0.15) is 0 Å². The molecule has 1 atom stereocenters. The Kier molecular flexibility index (Phi) is 4.07. The van der Waals surface area contributed by atoms with Gasteiger partial charge in [0.15, 0.2) is 1.41 Å². The third-order valence-electron chi connectivity index (χ3n) is 2.59. The van der Waals surface area contributed by atoms with E-state index in [9.17, 15) is 0 Å². The zero-order valence-corrected chi connectivity index (χ0v) is 8.76. The fourth-order valence-electron chi connectivity index (χ4n) is 1.90. The standard InChI is InChI=1S/C10H14N2.H2N2O/c1-12-7-3-5-10(12)9-4-2-6-11-8-9;1-2-3/h2,4,6,8,10H,3,5,7H2,1H3;(H2,1,3)/i/hD. The number of hydrogen-bond acceptors (Lipinski definition) is 4. The van der Waals surface area contributed by atoms with Gasteiger partial charge in [0.25, 0.3) is 0 Å². The van der Waals surface area contributed by atoms with Gasteiger partial charge in [0.05, 0.1) is 0 Å². The summed E-state index contributed by atoms with van der Waals surface area (Å²) in [4.78, 5) is 15.2. The van der Waals surface area contributed by atoms with E-state index >= 15 is 0 Å². The van der Waals surface area contributed by atoms with Crippen LogP contribution in [-0.4, -0.2) is 23.5 Å². The zero-order valence-electron chi connectivity index (χ0n) is 9.76. The number of pyridine rings is 1. The number of nitrogens with zero attached hydrogens (tertiary/aromatic N) is 3. The molecule has 0 bridgehead atoms. The highest BCUT2D eigenvalue weighted by Crippen LogP contribution is 2.29. The smallest absolute Gasteiger partial charge is 0.183 e. The van der Waals surface area contributed by atoms with Crippen molar-refractivity contribution in [3.63, 3.8) is 0 Å². The van der Waals surface area contributed by atoms with Crippen molar-refractivity contribution in [2.75, 3.05) is 13.6 Å². The minimum absolute atomic E-state index is 0.610. The fraction of sp³-hybridized carbons (Fsp3) is 0.500. The molecule has 0 radical (unpaired) electrons.